The van der Waals surface area contributed by atoms with Crippen molar-refractivity contribution in [1.29, 1.82) is 0 Å². The number of benzene rings is 1. The van der Waals surface area contributed by atoms with Crippen molar-refractivity contribution in [1.82, 2.24) is 0 Å². The van der Waals surface area contributed by atoms with Gasteiger partial charge in [-0.15, -0.1) is 0 Å². The van der Waals surface area contributed by atoms with Gasteiger partial charge >= 0.3 is 0 Å². The molecule has 0 radical (unpaired) electrons. The van der Waals surface area contributed by atoms with Crippen LogP contribution in [0.1, 0.15) is 44.2 Å². The quantitative estimate of drug-likeness (QED) is 0.785. The molecule has 17 heavy (non-hydrogen) atoms. The molecule has 2 N–H and O–H groups in total. The molecule has 1 aromatic carbocycles. The fraction of sp³-hybridized carbons (Fsp3) is 0.600. The van der Waals surface area contributed by atoms with Crippen molar-refractivity contribution in [2.24, 2.45) is 5.73 Å². The molecule has 1 aromatic rings. The lowest BCUT2D eigenvalue weighted by molar-refractivity contribution is 0.335. The maximum atomic E-state index is 6.15. The van der Waals surface area contributed by atoms with Crippen LogP contribution >= 0.6 is 0 Å². The zero-order valence-corrected chi connectivity index (χ0v) is 11.3. The van der Waals surface area contributed by atoms with E-state index in [0.29, 0.717) is 6.61 Å². The van der Waals surface area contributed by atoms with E-state index in [4.69, 9.17) is 10.5 Å². The summed E-state index contributed by atoms with van der Waals surface area (Å²) in [6.07, 6.45) is 4.42. The van der Waals surface area contributed by atoms with Crippen LogP contribution in [0.15, 0.2) is 18.2 Å². The summed E-state index contributed by atoms with van der Waals surface area (Å²) in [5.74, 6) is 0.991. The molecule has 0 spiro atoms. The van der Waals surface area contributed by atoms with Gasteiger partial charge in [0.1, 0.15) is 5.75 Å². The molecule has 0 heterocycles. The van der Waals surface area contributed by atoms with Gasteiger partial charge in [-0.3, -0.25) is 0 Å². The fourth-order valence-electron chi connectivity index (χ4n) is 2.01. The Labute approximate surface area is 105 Å². The molecule has 0 aliphatic heterocycles. The molecule has 0 amide bonds. The molecule has 96 valence electrons. The number of aryl methyl sites for hydroxylation is 1. The molecular formula is C15H25NO. The number of ether oxygens (including phenoxy) is 1. The molecule has 1 rings (SSSR count). The molecule has 0 aliphatic carbocycles. The third-order valence-electron chi connectivity index (χ3n) is 2.93. The first-order valence-electron chi connectivity index (χ1n) is 6.65. The highest BCUT2D eigenvalue weighted by atomic mass is 16.5. The minimum Gasteiger partial charge on any atom is -0.494 e. The predicted octanol–water partition coefficient (Wildman–Crippen LogP) is 3.45. The Balaban J connectivity index is 2.69. The van der Waals surface area contributed by atoms with Gasteiger partial charge in [0, 0.05) is 6.04 Å². The van der Waals surface area contributed by atoms with E-state index in [2.05, 4.69) is 32.0 Å². The molecule has 0 aliphatic rings. The van der Waals surface area contributed by atoms with Crippen LogP contribution in [0.25, 0.3) is 0 Å². The van der Waals surface area contributed by atoms with Crippen LogP contribution in [-0.2, 0) is 6.42 Å². The Kier molecular flexibility index (Phi) is 6.06. The molecule has 2 heteroatoms. The van der Waals surface area contributed by atoms with E-state index >= 15 is 0 Å². The van der Waals surface area contributed by atoms with Crippen LogP contribution in [0, 0.1) is 6.92 Å². The molecule has 2 nitrogen and oxygen atoms in total. The lowest BCUT2D eigenvalue weighted by atomic mass is 9.99. The third-order valence-corrected chi connectivity index (χ3v) is 2.93. The van der Waals surface area contributed by atoms with Crippen LogP contribution in [0.2, 0.25) is 0 Å². The Bertz CT molecular complexity index is 336. The number of rotatable bonds is 7. The summed E-state index contributed by atoms with van der Waals surface area (Å²) < 4.78 is 5.64. The average Bonchev–Trinajstić information content (AvgIpc) is 2.30. The van der Waals surface area contributed by atoms with Crippen LogP contribution < -0.4 is 10.5 Å². The van der Waals surface area contributed by atoms with Gasteiger partial charge in [0.25, 0.3) is 0 Å². The first-order chi connectivity index (χ1) is 8.17. The first-order valence-corrected chi connectivity index (χ1v) is 6.65. The lowest BCUT2D eigenvalue weighted by Crippen LogP contribution is -2.23. The summed E-state index contributed by atoms with van der Waals surface area (Å²) >= 11 is 0. The Morgan fingerprint density at radius 1 is 1.29 bits per heavy atom. The molecule has 1 atom stereocenters. The Hall–Kier alpha value is -1.02. The van der Waals surface area contributed by atoms with Crippen molar-refractivity contribution >= 4 is 0 Å². The lowest BCUT2D eigenvalue weighted by Gasteiger charge is -2.15. The second-order valence-corrected chi connectivity index (χ2v) is 4.65. The normalized spacial score (nSPS) is 12.5. The van der Waals surface area contributed by atoms with Crippen LogP contribution in [0.3, 0.4) is 0 Å². The largest absolute Gasteiger partial charge is 0.494 e. The van der Waals surface area contributed by atoms with Crippen molar-refractivity contribution in [3.05, 3.63) is 29.3 Å². The Morgan fingerprint density at radius 3 is 2.71 bits per heavy atom. The number of hydrogen-bond acceptors (Lipinski definition) is 2. The molecule has 1 unspecified atom stereocenters. The van der Waals surface area contributed by atoms with Gasteiger partial charge in [-0.2, -0.15) is 0 Å². The standard InChI is InChI=1S/C15H25NO/c1-4-6-7-14(16)11-13-10-12(3)8-9-15(13)17-5-2/h8-10,14H,4-7,11,16H2,1-3H3. The first kappa shape index (κ1) is 14.0. The molecule has 0 bridgehead atoms. The van der Waals surface area contributed by atoms with E-state index < -0.39 is 0 Å². The van der Waals surface area contributed by atoms with Crippen molar-refractivity contribution in [2.75, 3.05) is 6.61 Å². The van der Waals surface area contributed by atoms with E-state index in [1.165, 1.54) is 24.0 Å². The fourth-order valence-corrected chi connectivity index (χ4v) is 2.01. The second-order valence-electron chi connectivity index (χ2n) is 4.65. The summed E-state index contributed by atoms with van der Waals surface area (Å²) in [6, 6.07) is 6.58. The maximum absolute atomic E-state index is 6.15. The highest BCUT2D eigenvalue weighted by Gasteiger charge is 2.09. The average molecular weight is 235 g/mol. The van der Waals surface area contributed by atoms with Crippen molar-refractivity contribution in [3.63, 3.8) is 0 Å². The minimum absolute atomic E-state index is 0.246. The monoisotopic (exact) mass is 235 g/mol. The second kappa shape index (κ2) is 7.33. The van der Waals surface area contributed by atoms with Gasteiger partial charge in [0.05, 0.1) is 6.61 Å². The van der Waals surface area contributed by atoms with E-state index in [1.54, 1.807) is 0 Å². The topological polar surface area (TPSA) is 35.2 Å². The third kappa shape index (κ3) is 4.78. The molecule has 0 saturated carbocycles. The van der Waals surface area contributed by atoms with Gasteiger partial charge in [0.2, 0.25) is 0 Å². The summed E-state index contributed by atoms with van der Waals surface area (Å²) in [5, 5.41) is 0. The van der Waals surface area contributed by atoms with E-state index in [1.807, 2.05) is 6.92 Å². The van der Waals surface area contributed by atoms with Crippen LogP contribution in [0.4, 0.5) is 0 Å². The molecule has 0 aromatic heterocycles. The Morgan fingerprint density at radius 2 is 2.06 bits per heavy atom. The minimum atomic E-state index is 0.246. The van der Waals surface area contributed by atoms with E-state index in [-0.39, 0.29) is 6.04 Å². The van der Waals surface area contributed by atoms with E-state index in [9.17, 15) is 0 Å². The highest BCUT2D eigenvalue weighted by Crippen LogP contribution is 2.22. The SMILES string of the molecule is CCCCC(N)Cc1cc(C)ccc1OCC. The predicted molar refractivity (Wildman–Crippen MR) is 73.6 cm³/mol. The number of hydrogen-bond donors (Lipinski definition) is 1. The summed E-state index contributed by atoms with van der Waals surface area (Å²) in [5.41, 5.74) is 8.67. The summed E-state index contributed by atoms with van der Waals surface area (Å²) in [4.78, 5) is 0. The maximum Gasteiger partial charge on any atom is 0.122 e. The molecular weight excluding hydrogens is 210 g/mol. The van der Waals surface area contributed by atoms with E-state index in [0.717, 1.165) is 18.6 Å². The van der Waals surface area contributed by atoms with Crippen LogP contribution in [0.5, 0.6) is 5.75 Å². The van der Waals surface area contributed by atoms with Gasteiger partial charge in [-0.1, -0.05) is 37.5 Å². The molecule has 0 saturated heterocycles. The zero-order chi connectivity index (χ0) is 12.7. The van der Waals surface area contributed by atoms with Gasteiger partial charge < -0.3 is 10.5 Å². The smallest absolute Gasteiger partial charge is 0.122 e. The van der Waals surface area contributed by atoms with Gasteiger partial charge in [-0.25, -0.2) is 0 Å². The van der Waals surface area contributed by atoms with Crippen LogP contribution in [-0.4, -0.2) is 12.6 Å². The van der Waals surface area contributed by atoms with Crippen molar-refractivity contribution in [2.45, 2.75) is 52.5 Å². The number of unbranched alkanes of at least 4 members (excludes halogenated alkanes) is 1. The van der Waals surface area contributed by atoms with Crippen molar-refractivity contribution in [3.8, 4) is 5.75 Å². The summed E-state index contributed by atoms with van der Waals surface area (Å²) in [7, 11) is 0. The van der Waals surface area contributed by atoms with Gasteiger partial charge in [-0.05, 0) is 38.3 Å². The number of nitrogens with two attached hydrogens (primary N) is 1. The highest BCUT2D eigenvalue weighted by molar-refractivity contribution is 5.37. The summed E-state index contributed by atoms with van der Waals surface area (Å²) in [6.45, 7) is 7.03. The molecule has 0 fully saturated rings. The zero-order valence-electron chi connectivity index (χ0n) is 11.3. The van der Waals surface area contributed by atoms with Gasteiger partial charge in [0.15, 0.2) is 0 Å². The van der Waals surface area contributed by atoms with Crippen molar-refractivity contribution < 1.29 is 4.74 Å².